The predicted molar refractivity (Wildman–Crippen MR) is 81.7 cm³/mol. The van der Waals surface area contributed by atoms with Gasteiger partial charge in [-0.3, -0.25) is 5.32 Å². The Morgan fingerprint density at radius 3 is 2.81 bits per heavy atom. The molecule has 0 saturated carbocycles. The van der Waals surface area contributed by atoms with Crippen LogP contribution in [0.15, 0.2) is 33.3 Å². The van der Waals surface area contributed by atoms with E-state index in [1.54, 1.807) is 0 Å². The van der Waals surface area contributed by atoms with Crippen LogP contribution in [0.5, 0.6) is 0 Å². The maximum atomic E-state index is 5.53. The van der Waals surface area contributed by atoms with E-state index in [1.807, 2.05) is 13.0 Å². The van der Waals surface area contributed by atoms with Gasteiger partial charge in [0.15, 0.2) is 5.82 Å². The first-order valence-electron chi connectivity index (χ1n) is 7.06. The van der Waals surface area contributed by atoms with E-state index >= 15 is 0 Å². The molecule has 1 saturated heterocycles. The Hall–Kier alpha value is -1.24. The van der Waals surface area contributed by atoms with Crippen molar-refractivity contribution < 1.29 is 9.26 Å². The summed E-state index contributed by atoms with van der Waals surface area (Å²) < 4.78 is 11.8. The third-order valence-corrected chi connectivity index (χ3v) is 4.36. The molecule has 6 heteroatoms. The minimum Gasteiger partial charge on any atom is -0.381 e. The van der Waals surface area contributed by atoms with E-state index in [2.05, 4.69) is 49.6 Å². The summed E-state index contributed by atoms with van der Waals surface area (Å²) >= 11 is 3.55. The summed E-state index contributed by atoms with van der Waals surface area (Å²) in [6, 6.07) is 8.42. The molecule has 3 rings (SSSR count). The molecule has 0 radical (unpaired) electrons. The van der Waals surface area contributed by atoms with Crippen molar-refractivity contribution in [1.82, 2.24) is 15.5 Å². The fourth-order valence-electron chi connectivity index (χ4n) is 2.73. The van der Waals surface area contributed by atoms with Crippen LogP contribution in [0.25, 0.3) is 0 Å². The van der Waals surface area contributed by atoms with Gasteiger partial charge in [0.1, 0.15) is 0 Å². The number of benzene rings is 1. The second-order valence-electron chi connectivity index (χ2n) is 5.29. The van der Waals surface area contributed by atoms with E-state index in [0.717, 1.165) is 30.5 Å². The van der Waals surface area contributed by atoms with E-state index in [-0.39, 0.29) is 5.54 Å². The van der Waals surface area contributed by atoms with Crippen LogP contribution >= 0.6 is 15.9 Å². The molecule has 1 aromatic heterocycles. The first-order chi connectivity index (χ1) is 10.2. The number of hydrogen-bond donors (Lipinski definition) is 1. The maximum Gasteiger partial charge on any atom is 0.240 e. The molecule has 0 atom stereocenters. The first kappa shape index (κ1) is 14.7. The Labute approximate surface area is 132 Å². The average molecular weight is 352 g/mol. The second kappa shape index (κ2) is 6.25. The van der Waals surface area contributed by atoms with E-state index in [1.165, 1.54) is 5.56 Å². The van der Waals surface area contributed by atoms with Crippen molar-refractivity contribution in [3.05, 3.63) is 46.0 Å². The molecule has 0 amide bonds. The summed E-state index contributed by atoms with van der Waals surface area (Å²) in [6.45, 7) is 3.89. The molecule has 1 N–H and O–H groups in total. The highest BCUT2D eigenvalue weighted by Crippen LogP contribution is 2.33. The zero-order valence-electron chi connectivity index (χ0n) is 11.9. The van der Waals surface area contributed by atoms with Gasteiger partial charge in [-0.2, -0.15) is 4.98 Å². The molecule has 0 spiro atoms. The van der Waals surface area contributed by atoms with Gasteiger partial charge < -0.3 is 9.26 Å². The Kier molecular flexibility index (Phi) is 4.37. The zero-order chi connectivity index (χ0) is 14.7. The largest absolute Gasteiger partial charge is 0.381 e. The molecule has 112 valence electrons. The number of ether oxygens (including phenoxy) is 1. The molecule has 2 aromatic rings. The molecule has 0 aliphatic carbocycles. The number of halogens is 1. The van der Waals surface area contributed by atoms with Crippen LogP contribution in [-0.2, 0) is 16.8 Å². The Bertz CT molecular complexity index is 608. The Balaban J connectivity index is 1.82. The molecule has 0 unspecified atom stereocenters. The fourth-order valence-corrected chi connectivity index (χ4v) is 3.13. The lowest BCUT2D eigenvalue weighted by Gasteiger charge is -2.38. The van der Waals surface area contributed by atoms with Crippen LogP contribution in [0.2, 0.25) is 0 Å². The molecule has 21 heavy (non-hydrogen) atoms. The predicted octanol–water partition coefficient (Wildman–Crippen LogP) is 2.94. The number of aryl methyl sites for hydroxylation is 1. The van der Waals surface area contributed by atoms with E-state index < -0.39 is 0 Å². The monoisotopic (exact) mass is 351 g/mol. The third kappa shape index (κ3) is 3.33. The molecule has 0 bridgehead atoms. The van der Waals surface area contributed by atoms with Crippen molar-refractivity contribution >= 4 is 15.9 Å². The van der Waals surface area contributed by atoms with Crippen LogP contribution in [0.3, 0.4) is 0 Å². The molecule has 5 nitrogen and oxygen atoms in total. The molecule has 1 aliphatic rings. The minimum absolute atomic E-state index is 0.107. The third-order valence-electron chi connectivity index (χ3n) is 3.87. The molecule has 1 fully saturated rings. The van der Waals surface area contributed by atoms with Crippen LogP contribution in [0.4, 0.5) is 0 Å². The summed E-state index contributed by atoms with van der Waals surface area (Å²) in [5, 5.41) is 7.44. The van der Waals surface area contributed by atoms with Crippen molar-refractivity contribution in [1.29, 1.82) is 0 Å². The standard InChI is InChI=1S/C15H18BrN3O2/c1-11-18-14(21-19-11)10-17-15(5-7-20-8-6-15)12-3-2-4-13(16)9-12/h2-4,9,17H,5-8,10H2,1H3. The Morgan fingerprint density at radius 1 is 1.33 bits per heavy atom. The van der Waals surface area contributed by atoms with E-state index in [9.17, 15) is 0 Å². The minimum atomic E-state index is -0.107. The molecular formula is C15H18BrN3O2. The number of aromatic nitrogens is 2. The van der Waals surface area contributed by atoms with Gasteiger partial charge >= 0.3 is 0 Å². The van der Waals surface area contributed by atoms with E-state index in [4.69, 9.17) is 9.26 Å². The van der Waals surface area contributed by atoms with Gasteiger partial charge in [-0.15, -0.1) is 0 Å². The topological polar surface area (TPSA) is 60.2 Å². The van der Waals surface area contributed by atoms with Gasteiger partial charge in [0.05, 0.1) is 6.54 Å². The normalized spacial score (nSPS) is 17.8. The first-order valence-corrected chi connectivity index (χ1v) is 7.85. The highest BCUT2D eigenvalue weighted by molar-refractivity contribution is 9.10. The second-order valence-corrected chi connectivity index (χ2v) is 6.21. The number of nitrogens with zero attached hydrogens (tertiary/aromatic N) is 2. The molecule has 1 aromatic carbocycles. The van der Waals surface area contributed by atoms with Gasteiger partial charge in [-0.1, -0.05) is 33.2 Å². The summed E-state index contributed by atoms with van der Waals surface area (Å²) in [7, 11) is 0. The quantitative estimate of drug-likeness (QED) is 0.917. The van der Waals surface area contributed by atoms with Crippen molar-refractivity contribution in [3.63, 3.8) is 0 Å². The maximum absolute atomic E-state index is 5.53. The Morgan fingerprint density at radius 2 is 2.14 bits per heavy atom. The molecular weight excluding hydrogens is 334 g/mol. The van der Waals surface area contributed by atoms with Gasteiger partial charge in [-0.05, 0) is 37.5 Å². The SMILES string of the molecule is Cc1noc(CNC2(c3cccc(Br)c3)CCOCC2)n1. The number of rotatable bonds is 4. The summed E-state index contributed by atoms with van der Waals surface area (Å²) in [4.78, 5) is 4.26. The lowest BCUT2D eigenvalue weighted by molar-refractivity contribution is 0.0346. The van der Waals surface area contributed by atoms with Crippen LogP contribution in [0, 0.1) is 6.92 Å². The zero-order valence-corrected chi connectivity index (χ0v) is 13.5. The van der Waals surface area contributed by atoms with E-state index in [0.29, 0.717) is 18.3 Å². The van der Waals surface area contributed by atoms with Crippen LogP contribution in [0.1, 0.15) is 30.1 Å². The smallest absolute Gasteiger partial charge is 0.240 e. The molecule has 2 heterocycles. The molecule has 1 aliphatic heterocycles. The van der Waals surface area contributed by atoms with Gasteiger partial charge in [0.2, 0.25) is 5.89 Å². The van der Waals surface area contributed by atoms with Gasteiger partial charge in [0, 0.05) is 23.2 Å². The number of nitrogens with one attached hydrogen (secondary N) is 1. The van der Waals surface area contributed by atoms with Crippen molar-refractivity contribution in [2.45, 2.75) is 31.8 Å². The summed E-state index contributed by atoms with van der Waals surface area (Å²) in [5.74, 6) is 1.28. The van der Waals surface area contributed by atoms with Gasteiger partial charge in [-0.25, -0.2) is 0 Å². The lowest BCUT2D eigenvalue weighted by Crippen LogP contribution is -2.46. The highest BCUT2D eigenvalue weighted by Gasteiger charge is 2.34. The van der Waals surface area contributed by atoms with Crippen molar-refractivity contribution in [2.24, 2.45) is 0 Å². The summed E-state index contributed by atoms with van der Waals surface area (Å²) in [5.41, 5.74) is 1.15. The average Bonchev–Trinajstić information content (AvgIpc) is 2.92. The summed E-state index contributed by atoms with van der Waals surface area (Å²) in [6.07, 6.45) is 1.85. The van der Waals surface area contributed by atoms with Crippen molar-refractivity contribution in [3.8, 4) is 0 Å². The van der Waals surface area contributed by atoms with Crippen LogP contribution in [-0.4, -0.2) is 23.4 Å². The highest BCUT2D eigenvalue weighted by atomic mass is 79.9. The number of hydrogen-bond acceptors (Lipinski definition) is 5. The lowest BCUT2D eigenvalue weighted by atomic mass is 9.82. The van der Waals surface area contributed by atoms with Gasteiger partial charge in [0.25, 0.3) is 0 Å². The van der Waals surface area contributed by atoms with Crippen molar-refractivity contribution in [2.75, 3.05) is 13.2 Å². The fraction of sp³-hybridized carbons (Fsp3) is 0.467. The van der Waals surface area contributed by atoms with Crippen LogP contribution < -0.4 is 5.32 Å².